The van der Waals surface area contributed by atoms with Gasteiger partial charge in [-0.25, -0.2) is 0 Å². The monoisotopic (exact) mass is 364 g/mol. The zero-order valence-corrected chi connectivity index (χ0v) is 15.6. The van der Waals surface area contributed by atoms with Gasteiger partial charge in [0.25, 0.3) is 0 Å². The Hall–Kier alpha value is -3.05. The van der Waals surface area contributed by atoms with Crippen molar-refractivity contribution in [1.82, 2.24) is 0 Å². The van der Waals surface area contributed by atoms with Crippen LogP contribution in [0.4, 0.5) is 11.4 Å². The molecule has 0 saturated heterocycles. The summed E-state index contributed by atoms with van der Waals surface area (Å²) in [6, 6.07) is 21.1. The number of rotatable bonds is 8. The molecular formula is C22H24N2O3. The van der Waals surface area contributed by atoms with Gasteiger partial charge in [-0.3, -0.25) is 4.79 Å². The number of ether oxygens (including phenoxy) is 2. The summed E-state index contributed by atoms with van der Waals surface area (Å²) in [6.45, 7) is 2.89. The molecule has 0 saturated carbocycles. The summed E-state index contributed by atoms with van der Waals surface area (Å²) in [5.41, 5.74) is 1.64. The van der Waals surface area contributed by atoms with Gasteiger partial charge in [-0.1, -0.05) is 30.3 Å². The predicted molar refractivity (Wildman–Crippen MR) is 109 cm³/mol. The molecule has 1 atom stereocenters. The number of anilines is 2. The number of amides is 1. The van der Waals surface area contributed by atoms with Crippen molar-refractivity contribution in [2.24, 2.45) is 0 Å². The highest BCUT2D eigenvalue weighted by atomic mass is 16.5. The Kier molecular flexibility index (Phi) is 6.28. The first kappa shape index (κ1) is 18.7. The summed E-state index contributed by atoms with van der Waals surface area (Å²) in [4.78, 5) is 12.5. The number of nitrogens with one attached hydrogen (secondary N) is 2. The predicted octanol–water partition coefficient (Wildman–Crippen LogP) is 4.30. The summed E-state index contributed by atoms with van der Waals surface area (Å²) in [5, 5.41) is 8.41. The first-order valence-electron chi connectivity index (χ1n) is 8.94. The molecule has 5 nitrogen and oxygen atoms in total. The normalized spacial score (nSPS) is 11.8. The minimum Gasteiger partial charge on any atom is -0.491 e. The van der Waals surface area contributed by atoms with Crippen molar-refractivity contribution in [3.8, 4) is 5.75 Å². The molecule has 0 spiro atoms. The minimum absolute atomic E-state index is 0.0919. The van der Waals surface area contributed by atoms with Crippen molar-refractivity contribution >= 4 is 28.1 Å². The fourth-order valence-electron chi connectivity index (χ4n) is 2.72. The quantitative estimate of drug-likeness (QED) is 0.585. The maximum atomic E-state index is 12.5. The Labute approximate surface area is 159 Å². The lowest BCUT2D eigenvalue weighted by Gasteiger charge is -2.16. The van der Waals surface area contributed by atoms with Crippen LogP contribution in [0, 0.1) is 0 Å². The molecule has 0 heterocycles. The highest BCUT2D eigenvalue weighted by Gasteiger charge is 2.13. The van der Waals surface area contributed by atoms with E-state index in [1.54, 1.807) is 7.11 Å². The molecule has 0 fully saturated rings. The van der Waals surface area contributed by atoms with Gasteiger partial charge in [0.2, 0.25) is 5.91 Å². The van der Waals surface area contributed by atoms with Gasteiger partial charge in [0.15, 0.2) is 0 Å². The third kappa shape index (κ3) is 5.21. The van der Waals surface area contributed by atoms with E-state index in [9.17, 15) is 4.79 Å². The van der Waals surface area contributed by atoms with Crippen molar-refractivity contribution in [3.05, 3.63) is 66.7 Å². The summed E-state index contributed by atoms with van der Waals surface area (Å²) in [6.07, 6.45) is 0. The second-order valence-electron chi connectivity index (χ2n) is 6.28. The number of carbonyl (C=O) groups excluding carboxylic acids is 1. The van der Waals surface area contributed by atoms with Gasteiger partial charge < -0.3 is 20.1 Å². The van der Waals surface area contributed by atoms with Crippen molar-refractivity contribution in [2.45, 2.75) is 13.0 Å². The number of methoxy groups -OCH3 is 1. The van der Waals surface area contributed by atoms with Gasteiger partial charge in [-0.05, 0) is 54.1 Å². The van der Waals surface area contributed by atoms with Crippen LogP contribution >= 0.6 is 0 Å². The second kappa shape index (κ2) is 9.05. The third-order valence-corrected chi connectivity index (χ3v) is 4.20. The SMILES string of the molecule is COCCOc1ccc(N[C@H](C)C(=O)Nc2ccc3ccccc3c2)cc1. The van der Waals surface area contributed by atoms with Crippen LogP contribution in [0.15, 0.2) is 66.7 Å². The molecule has 0 aliphatic heterocycles. The number of benzene rings is 3. The van der Waals surface area contributed by atoms with E-state index in [1.807, 2.05) is 73.7 Å². The summed E-state index contributed by atoms with van der Waals surface area (Å²) in [5.74, 6) is 0.677. The lowest BCUT2D eigenvalue weighted by molar-refractivity contribution is -0.116. The van der Waals surface area contributed by atoms with E-state index in [-0.39, 0.29) is 11.9 Å². The van der Waals surface area contributed by atoms with Crippen molar-refractivity contribution in [2.75, 3.05) is 31.0 Å². The molecule has 0 bridgehead atoms. The topological polar surface area (TPSA) is 59.6 Å². The van der Waals surface area contributed by atoms with Gasteiger partial charge in [0.05, 0.1) is 6.61 Å². The van der Waals surface area contributed by atoms with E-state index >= 15 is 0 Å². The molecule has 3 rings (SSSR count). The van der Waals surface area contributed by atoms with Gasteiger partial charge in [0.1, 0.15) is 18.4 Å². The van der Waals surface area contributed by atoms with Crippen LogP contribution < -0.4 is 15.4 Å². The lowest BCUT2D eigenvalue weighted by Crippen LogP contribution is -2.31. The van der Waals surface area contributed by atoms with E-state index < -0.39 is 0 Å². The molecule has 0 aromatic heterocycles. The van der Waals surface area contributed by atoms with E-state index in [4.69, 9.17) is 9.47 Å². The molecule has 3 aromatic carbocycles. The molecule has 0 unspecified atom stereocenters. The molecule has 0 aliphatic carbocycles. The molecule has 0 aliphatic rings. The van der Waals surface area contributed by atoms with Crippen molar-refractivity contribution in [1.29, 1.82) is 0 Å². The lowest BCUT2D eigenvalue weighted by atomic mass is 10.1. The summed E-state index contributed by atoms with van der Waals surface area (Å²) < 4.78 is 10.5. The minimum atomic E-state index is -0.378. The highest BCUT2D eigenvalue weighted by Crippen LogP contribution is 2.20. The number of hydrogen-bond acceptors (Lipinski definition) is 4. The smallest absolute Gasteiger partial charge is 0.246 e. The van der Waals surface area contributed by atoms with Crippen LogP contribution in [0.1, 0.15) is 6.92 Å². The largest absolute Gasteiger partial charge is 0.491 e. The molecule has 140 valence electrons. The van der Waals surface area contributed by atoms with Gasteiger partial charge in [0, 0.05) is 18.5 Å². The maximum absolute atomic E-state index is 12.5. The number of hydrogen-bond donors (Lipinski definition) is 2. The fraction of sp³-hybridized carbons (Fsp3) is 0.227. The van der Waals surface area contributed by atoms with E-state index in [0.29, 0.717) is 13.2 Å². The first-order chi connectivity index (χ1) is 13.2. The van der Waals surface area contributed by atoms with Gasteiger partial charge in [-0.15, -0.1) is 0 Å². The van der Waals surface area contributed by atoms with E-state index in [1.165, 1.54) is 0 Å². The van der Waals surface area contributed by atoms with Crippen LogP contribution in [-0.2, 0) is 9.53 Å². The van der Waals surface area contributed by atoms with Crippen LogP contribution in [0.25, 0.3) is 10.8 Å². The van der Waals surface area contributed by atoms with Gasteiger partial charge >= 0.3 is 0 Å². The average Bonchev–Trinajstić information content (AvgIpc) is 2.69. The van der Waals surface area contributed by atoms with E-state index in [0.717, 1.165) is 27.9 Å². The van der Waals surface area contributed by atoms with Crippen LogP contribution in [0.3, 0.4) is 0 Å². The van der Waals surface area contributed by atoms with Gasteiger partial charge in [-0.2, -0.15) is 0 Å². The molecule has 2 N–H and O–H groups in total. The van der Waals surface area contributed by atoms with Crippen molar-refractivity contribution < 1.29 is 14.3 Å². The molecule has 5 heteroatoms. The zero-order valence-electron chi connectivity index (χ0n) is 15.6. The third-order valence-electron chi connectivity index (χ3n) is 4.20. The highest BCUT2D eigenvalue weighted by molar-refractivity contribution is 5.98. The maximum Gasteiger partial charge on any atom is 0.246 e. The fourth-order valence-corrected chi connectivity index (χ4v) is 2.72. The van der Waals surface area contributed by atoms with Crippen LogP contribution in [-0.4, -0.2) is 32.3 Å². The number of carbonyl (C=O) groups is 1. The molecule has 3 aromatic rings. The number of fused-ring (bicyclic) bond motifs is 1. The summed E-state index contributed by atoms with van der Waals surface area (Å²) in [7, 11) is 1.64. The molecule has 1 amide bonds. The van der Waals surface area contributed by atoms with Crippen molar-refractivity contribution in [3.63, 3.8) is 0 Å². The van der Waals surface area contributed by atoms with Crippen LogP contribution in [0.5, 0.6) is 5.75 Å². The standard InChI is InChI=1S/C22H24N2O3/c1-16(23-19-9-11-21(12-10-19)27-14-13-26-2)22(25)24-20-8-7-17-5-3-4-6-18(17)15-20/h3-12,15-16,23H,13-14H2,1-2H3,(H,24,25)/t16-/m1/s1. The Bertz CT molecular complexity index is 893. The molecule has 27 heavy (non-hydrogen) atoms. The summed E-state index contributed by atoms with van der Waals surface area (Å²) >= 11 is 0. The molecular weight excluding hydrogens is 340 g/mol. The zero-order chi connectivity index (χ0) is 19.1. The first-order valence-corrected chi connectivity index (χ1v) is 8.94. The Morgan fingerprint density at radius 2 is 1.63 bits per heavy atom. The van der Waals surface area contributed by atoms with E-state index in [2.05, 4.69) is 10.6 Å². The Morgan fingerprint density at radius 3 is 2.37 bits per heavy atom. The Balaban J connectivity index is 1.56. The second-order valence-corrected chi connectivity index (χ2v) is 6.28. The Morgan fingerprint density at radius 1 is 0.926 bits per heavy atom. The average molecular weight is 364 g/mol. The van der Waals surface area contributed by atoms with Crippen LogP contribution in [0.2, 0.25) is 0 Å². The molecule has 0 radical (unpaired) electrons.